The lowest BCUT2D eigenvalue weighted by Crippen LogP contribution is -2.30. The summed E-state index contributed by atoms with van der Waals surface area (Å²) < 4.78 is 27.1. The van der Waals surface area contributed by atoms with Crippen molar-refractivity contribution in [2.45, 2.75) is 37.5 Å². The maximum absolute atomic E-state index is 12.3. The van der Waals surface area contributed by atoms with Gasteiger partial charge in [-0.3, -0.25) is 10.1 Å². The van der Waals surface area contributed by atoms with Gasteiger partial charge in [-0.1, -0.05) is 24.9 Å². The molecule has 1 aromatic carbocycles. The summed E-state index contributed by atoms with van der Waals surface area (Å²) in [5.74, 6) is 0. The first-order valence-electron chi connectivity index (χ1n) is 6.73. The van der Waals surface area contributed by atoms with Gasteiger partial charge in [0.1, 0.15) is 4.90 Å². The van der Waals surface area contributed by atoms with Crippen LogP contribution in [0.1, 0.15) is 32.6 Å². The van der Waals surface area contributed by atoms with Crippen molar-refractivity contribution in [3.63, 3.8) is 0 Å². The van der Waals surface area contributed by atoms with Gasteiger partial charge in [-0.2, -0.15) is 0 Å². The molecule has 1 aliphatic carbocycles. The molecule has 0 atom stereocenters. The highest BCUT2D eigenvalue weighted by Gasteiger charge is 2.42. The quantitative estimate of drug-likeness (QED) is 0.613. The van der Waals surface area contributed by atoms with E-state index in [1.165, 1.54) is 12.1 Å². The Morgan fingerprint density at radius 3 is 2.62 bits per heavy atom. The second kappa shape index (κ2) is 5.90. The minimum atomic E-state index is -3.84. The number of benzene rings is 1. The lowest BCUT2D eigenvalue weighted by atomic mass is 10.0. The molecular formula is C13H17ClN2O4S. The van der Waals surface area contributed by atoms with Crippen LogP contribution in [0, 0.1) is 15.5 Å². The summed E-state index contributed by atoms with van der Waals surface area (Å²) in [6.07, 6.45) is 3.98. The van der Waals surface area contributed by atoms with Crippen molar-refractivity contribution < 1.29 is 13.3 Å². The van der Waals surface area contributed by atoms with Gasteiger partial charge in [-0.05, 0) is 30.7 Å². The van der Waals surface area contributed by atoms with E-state index in [0.29, 0.717) is 6.54 Å². The number of nitrogens with one attached hydrogen (secondary N) is 1. The smallest absolute Gasteiger partial charge is 0.258 e. The first kappa shape index (κ1) is 16.2. The van der Waals surface area contributed by atoms with Crippen LogP contribution < -0.4 is 4.72 Å². The van der Waals surface area contributed by atoms with Crippen LogP contribution in [-0.2, 0) is 10.0 Å². The first-order chi connectivity index (χ1) is 9.80. The lowest BCUT2D eigenvalue weighted by molar-refractivity contribution is -0.385. The Morgan fingerprint density at radius 1 is 1.43 bits per heavy atom. The molecule has 0 bridgehead atoms. The molecule has 6 nitrogen and oxygen atoms in total. The van der Waals surface area contributed by atoms with Crippen molar-refractivity contribution >= 4 is 27.3 Å². The summed E-state index contributed by atoms with van der Waals surface area (Å²) in [7, 11) is -3.84. The molecular weight excluding hydrogens is 316 g/mol. The summed E-state index contributed by atoms with van der Waals surface area (Å²) in [5.41, 5.74) is -0.246. The van der Waals surface area contributed by atoms with Gasteiger partial charge in [-0.25, -0.2) is 13.1 Å². The van der Waals surface area contributed by atoms with Gasteiger partial charge in [0.25, 0.3) is 5.69 Å². The highest BCUT2D eigenvalue weighted by Crippen LogP contribution is 2.49. The van der Waals surface area contributed by atoms with Crippen LogP contribution in [0.15, 0.2) is 23.1 Å². The van der Waals surface area contributed by atoms with Crippen LogP contribution in [0.3, 0.4) is 0 Å². The molecule has 0 aromatic heterocycles. The predicted molar refractivity (Wildman–Crippen MR) is 79.9 cm³/mol. The summed E-state index contributed by atoms with van der Waals surface area (Å²) in [4.78, 5) is 9.86. The third-order valence-corrected chi connectivity index (χ3v) is 5.67. The van der Waals surface area contributed by atoms with E-state index in [1.54, 1.807) is 0 Å². The molecule has 8 heteroatoms. The zero-order chi connectivity index (χ0) is 15.7. The molecule has 0 saturated heterocycles. The van der Waals surface area contributed by atoms with E-state index >= 15 is 0 Å². The van der Waals surface area contributed by atoms with Crippen molar-refractivity contribution in [1.29, 1.82) is 0 Å². The number of non-ortho nitro benzene ring substituents is 1. The Bertz CT molecular complexity index is 656. The summed E-state index contributed by atoms with van der Waals surface area (Å²) in [5, 5.41) is 10.7. The van der Waals surface area contributed by atoms with Crippen molar-refractivity contribution in [1.82, 2.24) is 4.72 Å². The number of halogens is 1. The molecule has 0 heterocycles. The highest BCUT2D eigenvalue weighted by molar-refractivity contribution is 7.89. The fraction of sp³-hybridized carbons (Fsp3) is 0.538. The molecule has 1 aliphatic rings. The SMILES string of the molecule is CCCC1(CNS(=O)(=O)c2cc([N+](=O)[O-])ccc2Cl)CC1. The Balaban J connectivity index is 2.19. The number of nitrogens with zero attached hydrogens (tertiary/aromatic N) is 1. The summed E-state index contributed by atoms with van der Waals surface area (Å²) in [6, 6.07) is 3.40. The zero-order valence-electron chi connectivity index (χ0n) is 11.6. The van der Waals surface area contributed by atoms with Crippen molar-refractivity contribution in [2.75, 3.05) is 6.54 Å². The van der Waals surface area contributed by atoms with Gasteiger partial charge < -0.3 is 0 Å². The second-order valence-corrected chi connectivity index (χ2v) is 7.59. The van der Waals surface area contributed by atoms with Gasteiger partial charge in [0.2, 0.25) is 10.0 Å². The van der Waals surface area contributed by atoms with Crippen LogP contribution in [0.25, 0.3) is 0 Å². The van der Waals surface area contributed by atoms with Crippen LogP contribution in [0.4, 0.5) is 5.69 Å². The molecule has 21 heavy (non-hydrogen) atoms. The number of nitro groups is 1. The molecule has 1 saturated carbocycles. The van der Waals surface area contributed by atoms with Crippen LogP contribution in [-0.4, -0.2) is 19.9 Å². The summed E-state index contributed by atoms with van der Waals surface area (Å²) >= 11 is 5.87. The standard InChI is InChI=1S/C13H17ClN2O4S/c1-2-5-13(6-7-13)9-15-21(19,20)12-8-10(16(17)18)3-4-11(12)14/h3-4,8,15H,2,5-7,9H2,1H3. The van der Waals surface area contributed by atoms with Crippen molar-refractivity contribution in [3.8, 4) is 0 Å². The predicted octanol–water partition coefficient (Wildman–Crippen LogP) is 3.11. The molecule has 2 rings (SSSR count). The molecule has 0 radical (unpaired) electrons. The van der Waals surface area contributed by atoms with Gasteiger partial charge in [0, 0.05) is 18.7 Å². The fourth-order valence-corrected chi connectivity index (χ4v) is 4.03. The Kier molecular flexibility index (Phi) is 4.55. The molecule has 0 aliphatic heterocycles. The summed E-state index contributed by atoms with van der Waals surface area (Å²) in [6.45, 7) is 2.41. The largest absolute Gasteiger partial charge is 0.270 e. The van der Waals surface area contributed by atoms with E-state index in [9.17, 15) is 18.5 Å². The maximum atomic E-state index is 12.3. The van der Waals surface area contributed by atoms with Gasteiger partial charge in [0.15, 0.2) is 0 Å². The Morgan fingerprint density at radius 2 is 2.10 bits per heavy atom. The molecule has 0 unspecified atom stereocenters. The fourth-order valence-electron chi connectivity index (χ4n) is 2.36. The average molecular weight is 333 g/mol. The van der Waals surface area contributed by atoms with Gasteiger partial charge >= 0.3 is 0 Å². The molecule has 0 spiro atoms. The maximum Gasteiger partial charge on any atom is 0.270 e. The van der Waals surface area contributed by atoms with E-state index in [4.69, 9.17) is 11.6 Å². The van der Waals surface area contributed by atoms with Gasteiger partial charge in [-0.15, -0.1) is 0 Å². The molecule has 0 amide bonds. The van der Waals surface area contributed by atoms with Crippen molar-refractivity contribution in [3.05, 3.63) is 33.3 Å². The van der Waals surface area contributed by atoms with Crippen LogP contribution >= 0.6 is 11.6 Å². The molecule has 116 valence electrons. The molecule has 1 N–H and O–H groups in total. The van der Waals surface area contributed by atoms with E-state index in [2.05, 4.69) is 11.6 Å². The third kappa shape index (κ3) is 3.72. The highest BCUT2D eigenvalue weighted by atomic mass is 35.5. The second-order valence-electron chi connectivity index (χ2n) is 5.45. The average Bonchev–Trinajstić information content (AvgIpc) is 3.17. The molecule has 1 fully saturated rings. The van der Waals surface area contributed by atoms with Crippen LogP contribution in [0.5, 0.6) is 0 Å². The minimum absolute atomic E-state index is 0.0200. The van der Waals surface area contributed by atoms with E-state index in [-0.39, 0.29) is 21.0 Å². The van der Waals surface area contributed by atoms with E-state index in [0.717, 1.165) is 31.7 Å². The number of nitro benzene ring substituents is 1. The zero-order valence-corrected chi connectivity index (χ0v) is 13.2. The Labute approximate surface area is 128 Å². The monoisotopic (exact) mass is 332 g/mol. The van der Waals surface area contributed by atoms with E-state index in [1.807, 2.05) is 0 Å². The first-order valence-corrected chi connectivity index (χ1v) is 8.59. The van der Waals surface area contributed by atoms with Crippen molar-refractivity contribution in [2.24, 2.45) is 5.41 Å². The van der Waals surface area contributed by atoms with E-state index < -0.39 is 14.9 Å². The number of sulfonamides is 1. The van der Waals surface area contributed by atoms with Gasteiger partial charge in [0.05, 0.1) is 9.95 Å². The minimum Gasteiger partial charge on any atom is -0.258 e. The number of hydrogen-bond donors (Lipinski definition) is 1. The Hall–Kier alpha value is -1.18. The third-order valence-electron chi connectivity index (χ3n) is 3.79. The molecule has 1 aromatic rings. The normalized spacial score (nSPS) is 16.7. The number of rotatable bonds is 7. The van der Waals surface area contributed by atoms with Crippen LogP contribution in [0.2, 0.25) is 5.02 Å². The lowest BCUT2D eigenvalue weighted by Gasteiger charge is -2.15. The number of hydrogen-bond acceptors (Lipinski definition) is 4. The topological polar surface area (TPSA) is 89.3 Å².